The van der Waals surface area contributed by atoms with Gasteiger partial charge in [-0.1, -0.05) is 34.1 Å². The number of benzene rings is 2. The molecule has 0 heterocycles. The first kappa shape index (κ1) is 13.7. The molecule has 2 aromatic rings. The Kier molecular flexibility index (Phi) is 4.32. The number of rotatable bonds is 3. The fourth-order valence-electron chi connectivity index (χ4n) is 1.74. The van der Waals surface area contributed by atoms with Crippen LogP contribution in [-0.2, 0) is 0 Å². The first-order chi connectivity index (χ1) is 9.06. The first-order valence-corrected chi connectivity index (χ1v) is 6.67. The molecule has 2 aromatic carbocycles. The molecular formula is C15H13BrFNO. The highest BCUT2D eigenvalue weighted by Crippen LogP contribution is 2.15. The third-order valence-electron chi connectivity index (χ3n) is 2.80. The number of hydrogen-bond acceptors (Lipinski definition) is 1. The molecule has 0 bridgehead atoms. The Labute approximate surface area is 119 Å². The minimum Gasteiger partial charge on any atom is -0.346 e. The standard InChI is InChI=1S/C15H13BrFNO/c1-10(11-5-7-14(17)8-6-11)18-15(19)12-3-2-4-13(16)9-12/h2-10H,1H3,(H,18,19). The van der Waals surface area contributed by atoms with Crippen LogP contribution in [0.1, 0.15) is 28.9 Å². The van der Waals surface area contributed by atoms with Crippen molar-refractivity contribution in [3.8, 4) is 0 Å². The summed E-state index contributed by atoms with van der Waals surface area (Å²) in [5.74, 6) is -0.438. The molecule has 2 nitrogen and oxygen atoms in total. The van der Waals surface area contributed by atoms with Gasteiger partial charge < -0.3 is 5.32 Å². The van der Waals surface area contributed by atoms with Gasteiger partial charge in [0.05, 0.1) is 6.04 Å². The van der Waals surface area contributed by atoms with Crippen LogP contribution in [0.3, 0.4) is 0 Å². The lowest BCUT2D eigenvalue weighted by atomic mass is 10.1. The van der Waals surface area contributed by atoms with E-state index >= 15 is 0 Å². The van der Waals surface area contributed by atoms with Crippen LogP contribution in [0.25, 0.3) is 0 Å². The van der Waals surface area contributed by atoms with Crippen molar-refractivity contribution < 1.29 is 9.18 Å². The minimum absolute atomic E-state index is 0.155. The van der Waals surface area contributed by atoms with Crippen LogP contribution in [0.15, 0.2) is 53.0 Å². The molecule has 4 heteroatoms. The fraction of sp³-hybridized carbons (Fsp3) is 0.133. The van der Waals surface area contributed by atoms with Gasteiger partial charge in [0.1, 0.15) is 5.82 Å². The van der Waals surface area contributed by atoms with Gasteiger partial charge in [-0.2, -0.15) is 0 Å². The third-order valence-corrected chi connectivity index (χ3v) is 3.30. The lowest BCUT2D eigenvalue weighted by Gasteiger charge is -2.14. The molecule has 1 unspecified atom stereocenters. The zero-order valence-electron chi connectivity index (χ0n) is 10.4. The highest BCUT2D eigenvalue weighted by atomic mass is 79.9. The summed E-state index contributed by atoms with van der Waals surface area (Å²) in [5.41, 5.74) is 1.45. The van der Waals surface area contributed by atoms with Crippen LogP contribution < -0.4 is 5.32 Å². The molecule has 0 aliphatic carbocycles. The van der Waals surface area contributed by atoms with E-state index in [0.29, 0.717) is 5.56 Å². The number of hydrogen-bond donors (Lipinski definition) is 1. The van der Waals surface area contributed by atoms with E-state index in [1.807, 2.05) is 19.1 Å². The van der Waals surface area contributed by atoms with Crippen molar-refractivity contribution in [1.29, 1.82) is 0 Å². The maximum absolute atomic E-state index is 12.8. The molecule has 1 amide bonds. The molecule has 0 fully saturated rings. The van der Waals surface area contributed by atoms with Crippen LogP contribution >= 0.6 is 15.9 Å². The van der Waals surface area contributed by atoms with Gasteiger partial charge in [0, 0.05) is 10.0 Å². The Morgan fingerprint density at radius 2 is 1.89 bits per heavy atom. The van der Waals surface area contributed by atoms with Crippen LogP contribution in [0.2, 0.25) is 0 Å². The second-order valence-electron chi connectivity index (χ2n) is 4.26. The quantitative estimate of drug-likeness (QED) is 0.906. The Balaban J connectivity index is 2.08. The maximum Gasteiger partial charge on any atom is 0.251 e. The summed E-state index contributed by atoms with van der Waals surface area (Å²) in [5, 5.41) is 2.88. The zero-order chi connectivity index (χ0) is 13.8. The summed E-state index contributed by atoms with van der Waals surface area (Å²) >= 11 is 3.33. The summed E-state index contributed by atoms with van der Waals surface area (Å²) < 4.78 is 13.7. The number of carbonyl (C=O) groups is 1. The van der Waals surface area contributed by atoms with Crippen molar-refractivity contribution in [2.45, 2.75) is 13.0 Å². The van der Waals surface area contributed by atoms with E-state index in [9.17, 15) is 9.18 Å². The average molecular weight is 322 g/mol. The van der Waals surface area contributed by atoms with Gasteiger partial charge >= 0.3 is 0 Å². The molecule has 0 saturated carbocycles. The normalized spacial score (nSPS) is 11.9. The monoisotopic (exact) mass is 321 g/mol. The lowest BCUT2D eigenvalue weighted by Crippen LogP contribution is -2.26. The van der Waals surface area contributed by atoms with Crippen molar-refractivity contribution in [3.05, 3.63) is 69.9 Å². The number of amides is 1. The second kappa shape index (κ2) is 5.97. The van der Waals surface area contributed by atoms with Gasteiger partial charge in [-0.05, 0) is 42.8 Å². The van der Waals surface area contributed by atoms with E-state index in [2.05, 4.69) is 21.2 Å². The van der Waals surface area contributed by atoms with Crippen LogP contribution in [0.5, 0.6) is 0 Å². The number of nitrogens with one attached hydrogen (secondary N) is 1. The van der Waals surface area contributed by atoms with Crippen LogP contribution in [0, 0.1) is 5.82 Å². The molecule has 1 N–H and O–H groups in total. The molecule has 0 spiro atoms. The minimum atomic E-state index is -0.283. The van der Waals surface area contributed by atoms with E-state index in [1.54, 1.807) is 24.3 Å². The van der Waals surface area contributed by atoms with E-state index in [1.165, 1.54) is 12.1 Å². The second-order valence-corrected chi connectivity index (χ2v) is 5.17. The summed E-state index contributed by atoms with van der Waals surface area (Å²) in [4.78, 5) is 12.0. The smallest absolute Gasteiger partial charge is 0.251 e. The number of halogens is 2. The van der Waals surface area contributed by atoms with Gasteiger partial charge in [0.25, 0.3) is 5.91 Å². The molecule has 19 heavy (non-hydrogen) atoms. The highest BCUT2D eigenvalue weighted by Gasteiger charge is 2.11. The van der Waals surface area contributed by atoms with E-state index < -0.39 is 0 Å². The number of carbonyl (C=O) groups excluding carboxylic acids is 1. The molecule has 1 atom stereocenters. The van der Waals surface area contributed by atoms with E-state index in [-0.39, 0.29) is 17.8 Å². The molecule has 98 valence electrons. The fourth-order valence-corrected chi connectivity index (χ4v) is 2.14. The van der Waals surface area contributed by atoms with Crippen molar-refractivity contribution in [2.24, 2.45) is 0 Å². The van der Waals surface area contributed by atoms with Gasteiger partial charge in [0.2, 0.25) is 0 Å². The maximum atomic E-state index is 12.8. The van der Waals surface area contributed by atoms with E-state index in [4.69, 9.17) is 0 Å². The molecule has 0 aromatic heterocycles. The molecule has 0 aliphatic heterocycles. The highest BCUT2D eigenvalue weighted by molar-refractivity contribution is 9.10. The molecule has 0 aliphatic rings. The summed E-state index contributed by atoms with van der Waals surface area (Å²) in [7, 11) is 0. The molecule has 0 saturated heterocycles. The first-order valence-electron chi connectivity index (χ1n) is 5.88. The SMILES string of the molecule is CC(NC(=O)c1cccc(Br)c1)c1ccc(F)cc1. The Morgan fingerprint density at radius 1 is 1.21 bits per heavy atom. The van der Waals surface area contributed by atoms with Gasteiger partial charge in [-0.25, -0.2) is 4.39 Å². The van der Waals surface area contributed by atoms with Crippen molar-refractivity contribution >= 4 is 21.8 Å². The van der Waals surface area contributed by atoms with Gasteiger partial charge in [0.15, 0.2) is 0 Å². The summed E-state index contributed by atoms with van der Waals surface area (Å²) in [6, 6.07) is 13.1. The Morgan fingerprint density at radius 3 is 2.53 bits per heavy atom. The molecule has 0 radical (unpaired) electrons. The third kappa shape index (κ3) is 3.64. The zero-order valence-corrected chi connectivity index (χ0v) is 11.9. The summed E-state index contributed by atoms with van der Waals surface area (Å²) in [6.45, 7) is 1.86. The predicted octanol–water partition coefficient (Wildman–Crippen LogP) is 4.08. The van der Waals surface area contributed by atoms with Crippen LogP contribution in [0.4, 0.5) is 4.39 Å². The van der Waals surface area contributed by atoms with E-state index in [0.717, 1.165) is 10.0 Å². The molecule has 2 rings (SSSR count). The van der Waals surface area contributed by atoms with Crippen molar-refractivity contribution in [1.82, 2.24) is 5.32 Å². The van der Waals surface area contributed by atoms with Crippen molar-refractivity contribution in [2.75, 3.05) is 0 Å². The van der Waals surface area contributed by atoms with Crippen molar-refractivity contribution in [3.63, 3.8) is 0 Å². The van der Waals surface area contributed by atoms with Crippen LogP contribution in [-0.4, -0.2) is 5.91 Å². The predicted molar refractivity (Wildman–Crippen MR) is 76.4 cm³/mol. The van der Waals surface area contributed by atoms with Gasteiger partial charge in [-0.15, -0.1) is 0 Å². The average Bonchev–Trinajstić information content (AvgIpc) is 2.39. The lowest BCUT2D eigenvalue weighted by molar-refractivity contribution is 0.0940. The molecular weight excluding hydrogens is 309 g/mol. The Bertz CT molecular complexity index is 583. The largest absolute Gasteiger partial charge is 0.346 e. The Hall–Kier alpha value is -1.68. The summed E-state index contributed by atoms with van der Waals surface area (Å²) in [6.07, 6.45) is 0. The topological polar surface area (TPSA) is 29.1 Å². The van der Waals surface area contributed by atoms with Gasteiger partial charge in [-0.3, -0.25) is 4.79 Å².